The number of hydrogen-bond donors (Lipinski definition) is 1. The van der Waals surface area contributed by atoms with E-state index in [1.165, 1.54) is 5.56 Å². The van der Waals surface area contributed by atoms with Gasteiger partial charge >= 0.3 is 5.97 Å². The first-order valence-corrected chi connectivity index (χ1v) is 10.3. The van der Waals surface area contributed by atoms with Crippen molar-refractivity contribution in [3.63, 3.8) is 0 Å². The van der Waals surface area contributed by atoms with Crippen molar-refractivity contribution < 1.29 is 14.6 Å². The van der Waals surface area contributed by atoms with Crippen molar-refractivity contribution >= 4 is 5.97 Å². The fourth-order valence-corrected chi connectivity index (χ4v) is 3.57. The zero-order valence-electron chi connectivity index (χ0n) is 17.1. The number of carboxylic acid groups (broad SMARTS) is 1. The van der Waals surface area contributed by atoms with Crippen LogP contribution in [0.2, 0.25) is 0 Å². The monoisotopic (exact) mass is 412 g/mol. The predicted octanol–water partition coefficient (Wildman–Crippen LogP) is 4.84. The first kappa shape index (κ1) is 20.4. The van der Waals surface area contributed by atoms with Crippen molar-refractivity contribution in [3.05, 3.63) is 119 Å². The molecule has 0 amide bonds. The lowest BCUT2D eigenvalue weighted by Crippen LogP contribution is -2.07. The second kappa shape index (κ2) is 9.76. The van der Waals surface area contributed by atoms with Crippen LogP contribution in [0.5, 0.6) is 5.75 Å². The Bertz CT molecular complexity index is 1140. The fourth-order valence-electron chi connectivity index (χ4n) is 3.57. The molecule has 0 aliphatic rings. The van der Waals surface area contributed by atoms with Crippen molar-refractivity contribution in [2.45, 2.75) is 19.4 Å². The Morgan fingerprint density at radius 1 is 0.903 bits per heavy atom. The van der Waals surface area contributed by atoms with Gasteiger partial charge in [-0.2, -0.15) is 5.10 Å². The maximum absolute atomic E-state index is 11.6. The molecule has 0 aliphatic carbocycles. The molecular formula is C26H24N2O3. The Balaban J connectivity index is 1.57. The molecule has 156 valence electrons. The van der Waals surface area contributed by atoms with Crippen LogP contribution < -0.4 is 4.74 Å². The van der Waals surface area contributed by atoms with Gasteiger partial charge < -0.3 is 9.84 Å². The molecule has 0 aliphatic heterocycles. The minimum absolute atomic E-state index is 0.318. The molecule has 0 atom stereocenters. The van der Waals surface area contributed by atoms with Crippen molar-refractivity contribution in [2.24, 2.45) is 0 Å². The van der Waals surface area contributed by atoms with E-state index in [4.69, 9.17) is 4.74 Å². The summed E-state index contributed by atoms with van der Waals surface area (Å²) in [5.74, 6) is -0.141. The van der Waals surface area contributed by atoms with Crippen LogP contribution in [0.4, 0.5) is 0 Å². The highest BCUT2D eigenvalue weighted by molar-refractivity contribution is 5.89. The topological polar surface area (TPSA) is 64.3 Å². The minimum Gasteiger partial charge on any atom is -0.493 e. The highest BCUT2D eigenvalue weighted by atomic mass is 16.5. The van der Waals surface area contributed by atoms with Crippen LogP contribution >= 0.6 is 0 Å². The normalized spacial score (nSPS) is 10.7. The van der Waals surface area contributed by atoms with E-state index in [0.29, 0.717) is 25.1 Å². The molecule has 4 rings (SSSR count). The molecule has 31 heavy (non-hydrogen) atoms. The highest BCUT2D eigenvalue weighted by Crippen LogP contribution is 2.26. The summed E-state index contributed by atoms with van der Waals surface area (Å²) in [6.07, 6.45) is 4.97. The molecule has 1 aromatic heterocycles. The number of hydrogen-bond acceptors (Lipinski definition) is 3. The number of benzene rings is 3. The molecule has 0 fully saturated rings. The van der Waals surface area contributed by atoms with Gasteiger partial charge in [0.2, 0.25) is 0 Å². The van der Waals surface area contributed by atoms with E-state index in [1.807, 2.05) is 65.5 Å². The standard InChI is InChI=1S/C26H24N2O3/c29-26(30)24-10-5-4-9-22(24)18-23-12-11-21(19-28-15-6-14-27-28)17-25(23)31-16-13-20-7-2-1-3-8-20/h1-12,14-15,17H,13,16,18-19H2,(H,29,30). The van der Waals surface area contributed by atoms with Gasteiger partial charge in [-0.05, 0) is 40.5 Å². The average Bonchev–Trinajstić information content (AvgIpc) is 3.29. The largest absolute Gasteiger partial charge is 0.493 e. The summed E-state index contributed by atoms with van der Waals surface area (Å²) in [4.78, 5) is 11.6. The third-order valence-electron chi connectivity index (χ3n) is 5.16. The molecule has 0 saturated carbocycles. The van der Waals surface area contributed by atoms with Gasteiger partial charge in [-0.15, -0.1) is 0 Å². The van der Waals surface area contributed by atoms with E-state index in [-0.39, 0.29) is 0 Å². The number of carbonyl (C=O) groups is 1. The summed E-state index contributed by atoms with van der Waals surface area (Å²) >= 11 is 0. The molecule has 4 aromatic rings. The smallest absolute Gasteiger partial charge is 0.335 e. The quantitative estimate of drug-likeness (QED) is 0.427. The van der Waals surface area contributed by atoms with Gasteiger partial charge in [0.15, 0.2) is 0 Å². The summed E-state index contributed by atoms with van der Waals surface area (Å²) < 4.78 is 8.06. The third-order valence-corrected chi connectivity index (χ3v) is 5.16. The van der Waals surface area contributed by atoms with E-state index < -0.39 is 5.97 Å². The van der Waals surface area contributed by atoms with Crippen molar-refractivity contribution in [3.8, 4) is 5.75 Å². The van der Waals surface area contributed by atoms with Crippen molar-refractivity contribution in [1.82, 2.24) is 9.78 Å². The minimum atomic E-state index is -0.919. The second-order valence-corrected chi connectivity index (χ2v) is 7.37. The van der Waals surface area contributed by atoms with Crippen LogP contribution in [0, 0.1) is 0 Å². The Morgan fingerprint density at radius 3 is 2.48 bits per heavy atom. The number of ether oxygens (including phenoxy) is 1. The summed E-state index contributed by atoms with van der Waals surface area (Å²) in [6.45, 7) is 1.19. The molecule has 1 N–H and O–H groups in total. The Kier molecular flexibility index (Phi) is 6.43. The van der Waals surface area contributed by atoms with Crippen LogP contribution in [-0.2, 0) is 19.4 Å². The summed E-state index contributed by atoms with van der Waals surface area (Å²) in [5.41, 5.74) is 4.34. The van der Waals surface area contributed by atoms with Crippen LogP contribution in [0.3, 0.4) is 0 Å². The Morgan fingerprint density at radius 2 is 1.71 bits per heavy atom. The lowest BCUT2D eigenvalue weighted by Gasteiger charge is -2.15. The van der Waals surface area contributed by atoms with Crippen LogP contribution in [0.15, 0.2) is 91.3 Å². The lowest BCUT2D eigenvalue weighted by molar-refractivity contribution is 0.0696. The van der Waals surface area contributed by atoms with Gasteiger partial charge in [-0.25, -0.2) is 4.79 Å². The molecule has 0 bridgehead atoms. The third kappa shape index (κ3) is 5.39. The van der Waals surface area contributed by atoms with E-state index in [2.05, 4.69) is 17.2 Å². The van der Waals surface area contributed by atoms with Crippen LogP contribution in [-0.4, -0.2) is 27.5 Å². The molecule has 0 saturated heterocycles. The predicted molar refractivity (Wildman–Crippen MR) is 120 cm³/mol. The van der Waals surface area contributed by atoms with Crippen LogP contribution in [0.25, 0.3) is 0 Å². The Labute approximate surface area is 181 Å². The molecular weight excluding hydrogens is 388 g/mol. The summed E-state index contributed by atoms with van der Waals surface area (Å²) in [6, 6.07) is 25.3. The average molecular weight is 412 g/mol. The van der Waals surface area contributed by atoms with E-state index in [9.17, 15) is 9.90 Å². The van der Waals surface area contributed by atoms with Crippen molar-refractivity contribution in [2.75, 3.05) is 6.61 Å². The molecule has 0 unspecified atom stereocenters. The molecule has 1 heterocycles. The lowest BCUT2D eigenvalue weighted by atomic mass is 9.98. The number of aromatic carboxylic acids is 1. The molecule has 0 radical (unpaired) electrons. The van der Waals surface area contributed by atoms with Gasteiger partial charge in [0, 0.05) is 25.2 Å². The molecule has 0 spiro atoms. The van der Waals surface area contributed by atoms with E-state index in [1.54, 1.807) is 18.3 Å². The first-order chi connectivity index (χ1) is 15.2. The molecule has 5 nitrogen and oxygen atoms in total. The number of rotatable bonds is 9. The van der Waals surface area contributed by atoms with Gasteiger partial charge in [0.05, 0.1) is 18.7 Å². The molecule has 3 aromatic carbocycles. The van der Waals surface area contributed by atoms with Crippen molar-refractivity contribution in [1.29, 1.82) is 0 Å². The number of nitrogens with zero attached hydrogens (tertiary/aromatic N) is 2. The fraction of sp³-hybridized carbons (Fsp3) is 0.154. The zero-order chi connectivity index (χ0) is 21.5. The van der Waals surface area contributed by atoms with Crippen LogP contribution in [0.1, 0.15) is 32.6 Å². The second-order valence-electron chi connectivity index (χ2n) is 7.37. The maximum Gasteiger partial charge on any atom is 0.335 e. The number of aromatic nitrogens is 2. The summed E-state index contributed by atoms with van der Waals surface area (Å²) in [7, 11) is 0. The maximum atomic E-state index is 11.6. The van der Waals surface area contributed by atoms with E-state index >= 15 is 0 Å². The van der Waals surface area contributed by atoms with Gasteiger partial charge in [0.1, 0.15) is 5.75 Å². The first-order valence-electron chi connectivity index (χ1n) is 10.3. The zero-order valence-corrected chi connectivity index (χ0v) is 17.1. The summed E-state index contributed by atoms with van der Waals surface area (Å²) in [5, 5.41) is 13.8. The Hall–Kier alpha value is -3.86. The SMILES string of the molecule is O=C(O)c1ccccc1Cc1ccc(Cn2cccn2)cc1OCCc1ccccc1. The highest BCUT2D eigenvalue weighted by Gasteiger charge is 2.13. The van der Waals surface area contributed by atoms with Gasteiger partial charge in [0.25, 0.3) is 0 Å². The molecule has 5 heteroatoms. The van der Waals surface area contributed by atoms with E-state index in [0.717, 1.165) is 28.9 Å². The van der Waals surface area contributed by atoms with Gasteiger partial charge in [-0.1, -0.05) is 60.7 Å². The number of carboxylic acids is 1. The van der Waals surface area contributed by atoms with Gasteiger partial charge in [-0.3, -0.25) is 4.68 Å².